The predicted octanol–water partition coefficient (Wildman–Crippen LogP) is 4.47. The van der Waals surface area contributed by atoms with E-state index in [-0.39, 0.29) is 18.9 Å². The number of aliphatic carboxylic acids is 1. The molecule has 4 aromatic rings. The van der Waals surface area contributed by atoms with Crippen LogP contribution in [0.5, 0.6) is 23.0 Å². The Labute approximate surface area is 207 Å². The van der Waals surface area contributed by atoms with Crippen molar-refractivity contribution in [1.82, 2.24) is 4.98 Å². The minimum absolute atomic E-state index is 0.0992. The number of methoxy groups -OCH3 is 1. The predicted molar refractivity (Wildman–Crippen MR) is 135 cm³/mol. The van der Waals surface area contributed by atoms with Crippen LogP contribution in [0.4, 0.5) is 5.69 Å². The van der Waals surface area contributed by atoms with Crippen molar-refractivity contribution in [2.45, 2.75) is 12.5 Å². The number of amides is 1. The molecule has 1 atom stereocenters. The van der Waals surface area contributed by atoms with E-state index in [0.29, 0.717) is 45.2 Å². The van der Waals surface area contributed by atoms with Gasteiger partial charge in [-0.2, -0.15) is 0 Å². The maximum absolute atomic E-state index is 12.4. The number of aromatic nitrogens is 1. The summed E-state index contributed by atoms with van der Waals surface area (Å²) in [7, 11) is 1.51. The van der Waals surface area contributed by atoms with Gasteiger partial charge in [0.25, 0.3) is 5.91 Å². The van der Waals surface area contributed by atoms with Crippen molar-refractivity contribution < 1.29 is 28.9 Å². The molecule has 4 N–H and O–H groups in total. The van der Waals surface area contributed by atoms with E-state index < -0.39 is 12.0 Å². The minimum atomic E-state index is -1.09. The highest BCUT2D eigenvalue weighted by Crippen LogP contribution is 2.37. The lowest BCUT2D eigenvalue weighted by Crippen LogP contribution is -2.31. The maximum atomic E-state index is 12.4. The van der Waals surface area contributed by atoms with Crippen molar-refractivity contribution in [3.63, 3.8) is 0 Å². The van der Waals surface area contributed by atoms with Gasteiger partial charge in [-0.25, -0.2) is 0 Å². The standard InChI is InChI=1S/C27H25N3O6/c1-34-24-16-22-20(15-25(24)35-14-12-21(28)27(32)33)23(11-13-29-22)36-19-9-7-18(8-10-19)30-26(31)17-5-3-2-4-6-17/h2-11,13,15-16,21H,12,14,28H2,1H3,(H,30,31)(H,32,33)/t21-/m0/s1. The summed E-state index contributed by atoms with van der Waals surface area (Å²) in [6.07, 6.45) is 1.76. The van der Waals surface area contributed by atoms with Crippen LogP contribution in [-0.4, -0.2) is 41.7 Å². The summed E-state index contributed by atoms with van der Waals surface area (Å²) in [4.78, 5) is 27.7. The molecule has 0 radical (unpaired) electrons. The van der Waals surface area contributed by atoms with Gasteiger partial charge in [0.1, 0.15) is 17.5 Å². The second kappa shape index (κ2) is 11.2. The number of benzene rings is 3. The number of nitrogens with zero attached hydrogens (tertiary/aromatic N) is 1. The average molecular weight is 488 g/mol. The summed E-state index contributed by atoms with van der Waals surface area (Å²) in [5.41, 5.74) is 7.39. The smallest absolute Gasteiger partial charge is 0.320 e. The van der Waals surface area contributed by atoms with Gasteiger partial charge in [-0.3, -0.25) is 14.6 Å². The summed E-state index contributed by atoms with van der Waals surface area (Å²) >= 11 is 0. The summed E-state index contributed by atoms with van der Waals surface area (Å²) < 4.78 is 17.3. The van der Waals surface area contributed by atoms with Crippen LogP contribution in [0.2, 0.25) is 0 Å². The van der Waals surface area contributed by atoms with Crippen molar-refractivity contribution >= 4 is 28.5 Å². The monoisotopic (exact) mass is 487 g/mol. The van der Waals surface area contributed by atoms with Gasteiger partial charge in [0.15, 0.2) is 11.5 Å². The Kier molecular flexibility index (Phi) is 7.62. The van der Waals surface area contributed by atoms with E-state index in [9.17, 15) is 9.59 Å². The highest BCUT2D eigenvalue weighted by molar-refractivity contribution is 6.04. The van der Waals surface area contributed by atoms with Crippen LogP contribution in [0.15, 0.2) is 79.0 Å². The zero-order valence-corrected chi connectivity index (χ0v) is 19.5. The van der Waals surface area contributed by atoms with Gasteiger partial charge in [-0.1, -0.05) is 18.2 Å². The Hall–Kier alpha value is -4.63. The SMILES string of the molecule is COc1cc2nccc(Oc3ccc(NC(=O)c4ccccc4)cc3)c2cc1OCC[C@H](N)C(=O)O. The number of carboxylic acids is 1. The number of hydrogen-bond donors (Lipinski definition) is 3. The molecule has 9 heteroatoms. The Morgan fingerprint density at radius 2 is 1.75 bits per heavy atom. The topological polar surface area (TPSA) is 133 Å². The zero-order valence-electron chi connectivity index (χ0n) is 19.5. The third-order valence-corrected chi connectivity index (χ3v) is 5.37. The normalized spacial score (nSPS) is 11.5. The Bertz CT molecular complexity index is 1360. The number of nitrogens with one attached hydrogen (secondary N) is 1. The number of pyridine rings is 1. The Balaban J connectivity index is 1.51. The molecule has 0 bridgehead atoms. The second-order valence-electron chi connectivity index (χ2n) is 7.86. The lowest BCUT2D eigenvalue weighted by Gasteiger charge is -2.15. The number of fused-ring (bicyclic) bond motifs is 1. The van der Waals surface area contributed by atoms with E-state index in [2.05, 4.69) is 10.3 Å². The van der Waals surface area contributed by atoms with Crippen LogP contribution in [0.1, 0.15) is 16.8 Å². The molecule has 0 unspecified atom stereocenters. The fourth-order valence-corrected chi connectivity index (χ4v) is 3.44. The molecular formula is C27H25N3O6. The van der Waals surface area contributed by atoms with Crippen LogP contribution in [0.3, 0.4) is 0 Å². The number of nitrogens with two attached hydrogens (primary N) is 1. The molecule has 184 valence electrons. The molecule has 0 saturated carbocycles. The lowest BCUT2D eigenvalue weighted by molar-refractivity contribution is -0.138. The van der Waals surface area contributed by atoms with E-state index in [0.717, 1.165) is 0 Å². The van der Waals surface area contributed by atoms with Crippen LogP contribution >= 0.6 is 0 Å². The summed E-state index contributed by atoms with van der Waals surface area (Å²) in [5.74, 6) is 0.681. The van der Waals surface area contributed by atoms with Gasteiger partial charge >= 0.3 is 5.97 Å². The van der Waals surface area contributed by atoms with E-state index in [1.165, 1.54) is 7.11 Å². The minimum Gasteiger partial charge on any atom is -0.493 e. The number of rotatable bonds is 10. The van der Waals surface area contributed by atoms with E-state index >= 15 is 0 Å². The van der Waals surface area contributed by atoms with Crippen molar-refractivity contribution in [3.05, 3.63) is 84.6 Å². The molecule has 0 spiro atoms. The molecule has 0 fully saturated rings. The molecule has 3 aromatic carbocycles. The number of hydrogen-bond acceptors (Lipinski definition) is 7. The Morgan fingerprint density at radius 1 is 1.00 bits per heavy atom. The van der Waals surface area contributed by atoms with E-state index in [1.54, 1.807) is 60.8 Å². The van der Waals surface area contributed by atoms with Gasteiger partial charge < -0.3 is 30.4 Å². The molecule has 1 amide bonds. The number of carboxylic acid groups (broad SMARTS) is 1. The van der Waals surface area contributed by atoms with Gasteiger partial charge in [0.2, 0.25) is 0 Å². The van der Waals surface area contributed by atoms with Crippen molar-refractivity contribution in [2.24, 2.45) is 5.73 Å². The van der Waals surface area contributed by atoms with Crippen LogP contribution in [0, 0.1) is 0 Å². The third kappa shape index (κ3) is 5.89. The van der Waals surface area contributed by atoms with Gasteiger partial charge in [-0.15, -0.1) is 0 Å². The average Bonchev–Trinajstić information content (AvgIpc) is 2.90. The van der Waals surface area contributed by atoms with Crippen LogP contribution in [-0.2, 0) is 4.79 Å². The largest absolute Gasteiger partial charge is 0.493 e. The first kappa shape index (κ1) is 24.5. The molecule has 0 saturated heterocycles. The molecule has 9 nitrogen and oxygen atoms in total. The molecule has 0 aliphatic heterocycles. The number of anilines is 1. The highest BCUT2D eigenvalue weighted by Gasteiger charge is 2.15. The molecule has 1 aromatic heterocycles. The fourth-order valence-electron chi connectivity index (χ4n) is 3.44. The van der Waals surface area contributed by atoms with Crippen molar-refractivity contribution in [1.29, 1.82) is 0 Å². The van der Waals surface area contributed by atoms with E-state index in [1.807, 2.05) is 18.2 Å². The van der Waals surface area contributed by atoms with Gasteiger partial charge in [0, 0.05) is 35.3 Å². The quantitative estimate of drug-likeness (QED) is 0.298. The molecule has 0 aliphatic rings. The fraction of sp³-hybridized carbons (Fsp3) is 0.148. The Morgan fingerprint density at radius 3 is 2.44 bits per heavy atom. The molecule has 36 heavy (non-hydrogen) atoms. The number of carbonyl (C=O) groups is 2. The van der Waals surface area contributed by atoms with Gasteiger partial charge in [-0.05, 0) is 48.5 Å². The number of ether oxygens (including phenoxy) is 3. The summed E-state index contributed by atoms with van der Waals surface area (Å²) in [6, 6.07) is 20.1. The highest BCUT2D eigenvalue weighted by atomic mass is 16.5. The first-order valence-corrected chi connectivity index (χ1v) is 11.2. The van der Waals surface area contributed by atoms with Gasteiger partial charge in [0.05, 0.1) is 19.2 Å². The van der Waals surface area contributed by atoms with Crippen molar-refractivity contribution in [2.75, 3.05) is 19.0 Å². The first-order valence-electron chi connectivity index (χ1n) is 11.2. The molecule has 4 rings (SSSR count). The van der Waals surface area contributed by atoms with Crippen LogP contribution in [0.25, 0.3) is 10.9 Å². The maximum Gasteiger partial charge on any atom is 0.320 e. The van der Waals surface area contributed by atoms with Crippen LogP contribution < -0.4 is 25.3 Å². The molecular weight excluding hydrogens is 462 g/mol. The second-order valence-corrected chi connectivity index (χ2v) is 7.86. The lowest BCUT2D eigenvalue weighted by atomic mass is 10.1. The molecule has 0 aliphatic carbocycles. The summed E-state index contributed by atoms with van der Waals surface area (Å²) in [5, 5.41) is 12.5. The zero-order chi connectivity index (χ0) is 25.5. The van der Waals surface area contributed by atoms with Crippen molar-refractivity contribution in [3.8, 4) is 23.0 Å². The molecule has 1 heterocycles. The van der Waals surface area contributed by atoms with E-state index in [4.69, 9.17) is 25.1 Å². The summed E-state index contributed by atoms with van der Waals surface area (Å²) in [6.45, 7) is 0.0992. The first-order chi connectivity index (χ1) is 17.4. The third-order valence-electron chi connectivity index (χ3n) is 5.37. The number of carbonyl (C=O) groups excluding carboxylic acids is 1.